The summed E-state index contributed by atoms with van der Waals surface area (Å²) in [5, 5.41) is 26.7. The number of nitrogens with one attached hydrogen (secondary N) is 1. The molecule has 4 heterocycles. The highest BCUT2D eigenvalue weighted by atomic mass is 35.5. The number of aryl methyl sites for hydroxylation is 1. The van der Waals surface area contributed by atoms with E-state index in [1.165, 1.54) is 34.4 Å². The quantitative estimate of drug-likeness (QED) is 0.0955. The average molecular weight is 594 g/mol. The molecule has 2 aromatic heterocycles. The van der Waals surface area contributed by atoms with Crippen molar-refractivity contribution in [1.29, 1.82) is 0 Å². The van der Waals surface area contributed by atoms with Crippen LogP contribution < -0.4 is 5.32 Å². The molecule has 2 N–H and O–H groups in total. The molecule has 4 rings (SSSR count). The Morgan fingerprint density at radius 3 is 2.81 bits per heavy atom. The number of β-lactam (4-membered cyclic amide) rings is 1. The van der Waals surface area contributed by atoms with Crippen LogP contribution in [0, 0.1) is 0 Å². The van der Waals surface area contributed by atoms with Gasteiger partial charge in [0, 0.05) is 18.6 Å². The maximum Gasteiger partial charge on any atom is 0.367 e. The van der Waals surface area contributed by atoms with E-state index in [4.69, 9.17) is 23.2 Å². The summed E-state index contributed by atoms with van der Waals surface area (Å²) in [6.07, 6.45) is 1.21. The van der Waals surface area contributed by atoms with Crippen LogP contribution in [-0.2, 0) is 31.1 Å². The molecule has 2 aliphatic rings. The Bertz CT molecular complexity index is 1270. The number of carbonyl (C=O) groups is 4. The van der Waals surface area contributed by atoms with Crippen molar-refractivity contribution in [2.45, 2.75) is 21.4 Å². The van der Waals surface area contributed by atoms with E-state index in [0.717, 1.165) is 16.6 Å². The van der Waals surface area contributed by atoms with Crippen LogP contribution in [0.1, 0.15) is 5.69 Å². The number of halogens is 2. The van der Waals surface area contributed by atoms with Gasteiger partial charge in [-0.2, -0.15) is 8.75 Å². The van der Waals surface area contributed by atoms with Gasteiger partial charge < -0.3 is 15.3 Å². The van der Waals surface area contributed by atoms with Gasteiger partial charge in [0.1, 0.15) is 22.8 Å². The lowest BCUT2D eigenvalue weighted by atomic mass is 10.0. The molecule has 0 aromatic carbocycles. The first-order valence-corrected chi connectivity index (χ1v) is 13.2. The Kier molecular flexibility index (Phi) is 8.08. The van der Waals surface area contributed by atoms with Crippen molar-refractivity contribution in [2.24, 2.45) is 12.2 Å². The Morgan fingerprint density at radius 2 is 2.19 bits per heavy atom. The largest absolute Gasteiger partial charge is 0.477 e. The van der Waals surface area contributed by atoms with Gasteiger partial charge in [-0.3, -0.25) is 14.5 Å². The number of tetrazole rings is 1. The zero-order valence-corrected chi connectivity index (χ0v) is 21.7. The van der Waals surface area contributed by atoms with Crippen LogP contribution in [0.15, 0.2) is 27.8 Å². The van der Waals surface area contributed by atoms with Crippen LogP contribution in [-0.4, -0.2) is 96.2 Å². The highest BCUT2D eigenvalue weighted by Gasteiger charge is 2.54. The number of aromatic nitrogens is 6. The van der Waals surface area contributed by atoms with Crippen molar-refractivity contribution < 1.29 is 29.1 Å². The van der Waals surface area contributed by atoms with E-state index in [-0.39, 0.29) is 17.1 Å². The van der Waals surface area contributed by atoms with Crippen molar-refractivity contribution in [1.82, 2.24) is 39.2 Å². The zero-order chi connectivity index (χ0) is 26.0. The number of amides is 2. The number of alkyl halides is 2. The van der Waals surface area contributed by atoms with Gasteiger partial charge in [-0.05, 0) is 16.0 Å². The Balaban J connectivity index is 1.49. The number of carboxylic acids is 1. The summed E-state index contributed by atoms with van der Waals surface area (Å²) in [6.45, 7) is 0. The molecular formula is C16H13Cl2N9O6S3. The molecule has 2 aliphatic heterocycles. The number of hydrogen-bond donors (Lipinski definition) is 2. The highest BCUT2D eigenvalue weighted by Crippen LogP contribution is 2.41. The fraction of sp³-hybridized carbons (Fsp3) is 0.375. The number of carbonyl (C=O) groups excluding carboxylic acids is 3. The van der Waals surface area contributed by atoms with Gasteiger partial charge >= 0.3 is 11.9 Å². The average Bonchev–Trinajstić information content (AvgIpc) is 3.52. The standard InChI is InChI=1S/C16H13Cl2N9O6S3/c1-26-16(21-24-25-26)35-4-5-3-34-13-8(12(29)27(13)9(5)14(30)31)20-11(28)7(6-2-19-36-23-6)22-33-15(32)10(17)18/h2,8,10,13H,3-4H2,1H3,(H,20,28)(H,30,31)/t8?,13-/m1/s1. The van der Waals surface area contributed by atoms with E-state index in [2.05, 4.69) is 39.6 Å². The second-order valence-electron chi connectivity index (χ2n) is 6.94. The zero-order valence-electron chi connectivity index (χ0n) is 17.8. The minimum Gasteiger partial charge on any atom is -0.477 e. The summed E-state index contributed by atoms with van der Waals surface area (Å²) >= 11 is 14.1. The maximum absolute atomic E-state index is 12.9. The van der Waals surface area contributed by atoms with Crippen molar-refractivity contribution >= 4 is 87.9 Å². The molecule has 36 heavy (non-hydrogen) atoms. The molecule has 2 aromatic rings. The SMILES string of the molecule is Cn1nnnc1SCC1=C(C(=O)O)N2C(=O)C(NC(=O)C(=NOC(=O)C(Cl)Cl)c3cnsn3)[C@H]2SC1. The summed E-state index contributed by atoms with van der Waals surface area (Å²) in [5.41, 5.74) is -0.107. The number of oxime groups is 1. The van der Waals surface area contributed by atoms with Gasteiger partial charge in [0.2, 0.25) is 9.99 Å². The van der Waals surface area contributed by atoms with Gasteiger partial charge in [0.05, 0.1) is 17.9 Å². The van der Waals surface area contributed by atoms with Crippen LogP contribution in [0.5, 0.6) is 0 Å². The normalized spacial score (nSPS) is 19.7. The second kappa shape index (κ2) is 11.1. The van der Waals surface area contributed by atoms with Crippen molar-refractivity contribution in [3.05, 3.63) is 23.2 Å². The molecule has 20 heteroatoms. The van der Waals surface area contributed by atoms with Crippen molar-refractivity contribution in [2.75, 3.05) is 11.5 Å². The van der Waals surface area contributed by atoms with Crippen LogP contribution in [0.25, 0.3) is 0 Å². The third-order valence-electron chi connectivity index (χ3n) is 4.72. The van der Waals surface area contributed by atoms with Gasteiger partial charge in [-0.25, -0.2) is 14.3 Å². The topological polar surface area (TPSA) is 195 Å². The molecule has 0 radical (unpaired) electrons. The number of thioether (sulfide) groups is 2. The molecule has 1 saturated heterocycles. The first-order valence-electron chi connectivity index (χ1n) is 9.60. The molecule has 0 spiro atoms. The molecule has 0 saturated carbocycles. The van der Waals surface area contributed by atoms with E-state index in [9.17, 15) is 24.3 Å². The number of nitrogens with zero attached hydrogens (tertiary/aromatic N) is 8. The summed E-state index contributed by atoms with van der Waals surface area (Å²) in [4.78, 5) is 53.5. The molecule has 2 atom stereocenters. The monoisotopic (exact) mass is 593 g/mol. The third kappa shape index (κ3) is 5.31. The smallest absolute Gasteiger partial charge is 0.367 e. The lowest BCUT2D eigenvalue weighted by Crippen LogP contribution is -2.71. The van der Waals surface area contributed by atoms with E-state index in [1.807, 2.05) is 0 Å². The van der Waals surface area contributed by atoms with Gasteiger partial charge in [0.15, 0.2) is 5.71 Å². The first-order chi connectivity index (χ1) is 17.2. The van der Waals surface area contributed by atoms with Crippen LogP contribution in [0.4, 0.5) is 0 Å². The lowest BCUT2D eigenvalue weighted by molar-refractivity contribution is -0.150. The fourth-order valence-electron chi connectivity index (χ4n) is 3.10. The molecule has 190 valence electrons. The number of rotatable bonds is 9. The molecule has 1 unspecified atom stereocenters. The van der Waals surface area contributed by atoms with Crippen LogP contribution in [0.2, 0.25) is 0 Å². The first kappa shape index (κ1) is 26.3. The molecule has 0 bridgehead atoms. The predicted molar refractivity (Wildman–Crippen MR) is 127 cm³/mol. The van der Waals surface area contributed by atoms with Gasteiger partial charge in [0.25, 0.3) is 11.8 Å². The Hall–Kier alpha value is -2.80. The molecular weight excluding hydrogens is 581 g/mol. The highest BCUT2D eigenvalue weighted by molar-refractivity contribution is 8.01. The maximum atomic E-state index is 12.9. The Labute approximate surface area is 223 Å². The van der Waals surface area contributed by atoms with Crippen LogP contribution >= 0.6 is 58.5 Å². The minimum absolute atomic E-state index is 0.0189. The minimum atomic E-state index is -1.54. The number of fused-ring (bicyclic) bond motifs is 1. The molecule has 2 amide bonds. The summed E-state index contributed by atoms with van der Waals surface area (Å²) in [5.74, 6) is -3.38. The lowest BCUT2D eigenvalue weighted by Gasteiger charge is -2.49. The van der Waals surface area contributed by atoms with Crippen molar-refractivity contribution in [3.63, 3.8) is 0 Å². The van der Waals surface area contributed by atoms with E-state index < -0.39 is 45.7 Å². The van der Waals surface area contributed by atoms with Crippen molar-refractivity contribution in [3.8, 4) is 0 Å². The molecule has 15 nitrogen and oxygen atoms in total. The summed E-state index contributed by atoms with van der Waals surface area (Å²) < 4.78 is 9.10. The summed E-state index contributed by atoms with van der Waals surface area (Å²) in [7, 11) is 1.65. The molecule has 0 aliphatic carbocycles. The van der Waals surface area contributed by atoms with E-state index >= 15 is 0 Å². The number of hydrogen-bond acceptors (Lipinski definition) is 14. The number of aliphatic carboxylic acids is 1. The molecule has 1 fully saturated rings. The third-order valence-corrected chi connectivity index (χ3v) is 7.99. The van der Waals surface area contributed by atoms with Gasteiger partial charge in [-0.15, -0.1) is 16.9 Å². The van der Waals surface area contributed by atoms with E-state index in [1.54, 1.807) is 7.05 Å². The van der Waals surface area contributed by atoms with E-state index in [0.29, 0.717) is 16.5 Å². The predicted octanol–water partition coefficient (Wildman–Crippen LogP) is -0.357. The fourth-order valence-corrected chi connectivity index (χ4v) is 5.93. The Morgan fingerprint density at radius 1 is 1.42 bits per heavy atom. The second-order valence-corrected chi connectivity index (χ2v) is 10.6. The number of carboxylic acid groups (broad SMARTS) is 1. The van der Waals surface area contributed by atoms with Crippen LogP contribution in [0.3, 0.4) is 0 Å². The summed E-state index contributed by atoms with van der Waals surface area (Å²) in [6, 6.07) is -1.06. The van der Waals surface area contributed by atoms with Gasteiger partial charge in [-0.1, -0.05) is 40.1 Å².